The van der Waals surface area contributed by atoms with Gasteiger partial charge in [-0.05, 0) is 52.7 Å². The van der Waals surface area contributed by atoms with Gasteiger partial charge in [0.1, 0.15) is 22.2 Å². The Balaban J connectivity index is 1.82. The molecular formula is C17H14BrF4N3O3S. The van der Waals surface area contributed by atoms with E-state index in [0.29, 0.717) is 5.56 Å². The molecule has 0 fully saturated rings. The summed E-state index contributed by atoms with van der Waals surface area (Å²) in [5.74, 6) is -0.870. The Bertz CT molecular complexity index is 1130. The van der Waals surface area contributed by atoms with Crippen LogP contribution in [0, 0.1) is 12.7 Å². The lowest BCUT2D eigenvalue weighted by Crippen LogP contribution is -2.37. The molecule has 6 nitrogen and oxygen atoms in total. The molecule has 29 heavy (non-hydrogen) atoms. The minimum absolute atomic E-state index is 0.0276. The summed E-state index contributed by atoms with van der Waals surface area (Å²) < 4.78 is 86.7. The van der Waals surface area contributed by atoms with Gasteiger partial charge in [0.2, 0.25) is 10.0 Å². The van der Waals surface area contributed by atoms with Gasteiger partial charge >= 0.3 is 6.18 Å². The monoisotopic (exact) mass is 495 g/mol. The van der Waals surface area contributed by atoms with Gasteiger partial charge in [-0.25, -0.2) is 12.8 Å². The maximum absolute atomic E-state index is 13.6. The van der Waals surface area contributed by atoms with E-state index in [1.54, 1.807) is 10.8 Å². The van der Waals surface area contributed by atoms with E-state index >= 15 is 0 Å². The average molecular weight is 496 g/mol. The summed E-state index contributed by atoms with van der Waals surface area (Å²) in [5.41, 5.74) is 0.491. The highest BCUT2D eigenvalue weighted by atomic mass is 79.9. The number of aryl methyl sites for hydroxylation is 1. The lowest BCUT2D eigenvalue weighted by molar-refractivity contribution is -0.156. The van der Waals surface area contributed by atoms with Crippen LogP contribution in [-0.4, -0.2) is 24.4 Å². The first-order valence-electron chi connectivity index (χ1n) is 8.07. The van der Waals surface area contributed by atoms with Crippen molar-refractivity contribution in [2.24, 2.45) is 0 Å². The van der Waals surface area contributed by atoms with E-state index < -0.39 is 38.7 Å². The van der Waals surface area contributed by atoms with Crippen molar-refractivity contribution in [1.82, 2.24) is 14.5 Å². The number of aromatic nitrogens is 2. The smallest absolute Gasteiger partial charge is 0.411 e. The summed E-state index contributed by atoms with van der Waals surface area (Å²) in [6, 6.07) is 4.12. The highest BCUT2D eigenvalue weighted by molar-refractivity contribution is 9.10. The van der Waals surface area contributed by atoms with E-state index in [-0.39, 0.29) is 16.8 Å². The minimum atomic E-state index is -4.91. The molecule has 0 saturated carbocycles. The fourth-order valence-electron chi connectivity index (χ4n) is 2.51. The number of sulfonamides is 1. The van der Waals surface area contributed by atoms with Crippen LogP contribution in [0.4, 0.5) is 17.6 Å². The van der Waals surface area contributed by atoms with Crippen LogP contribution < -0.4 is 4.72 Å². The predicted molar refractivity (Wildman–Crippen MR) is 98.0 cm³/mol. The predicted octanol–water partition coefficient (Wildman–Crippen LogP) is 4.32. The molecule has 12 heteroatoms. The molecule has 2 heterocycles. The van der Waals surface area contributed by atoms with Crippen molar-refractivity contribution in [3.05, 3.63) is 70.1 Å². The summed E-state index contributed by atoms with van der Waals surface area (Å²) in [7, 11) is -4.56. The molecule has 0 aliphatic carbocycles. The summed E-state index contributed by atoms with van der Waals surface area (Å²) in [5, 5.41) is 3.83. The topological polar surface area (TPSA) is 77.1 Å². The van der Waals surface area contributed by atoms with E-state index in [1.165, 1.54) is 29.8 Å². The van der Waals surface area contributed by atoms with Crippen LogP contribution in [0.15, 0.2) is 56.5 Å². The van der Waals surface area contributed by atoms with Gasteiger partial charge in [0.05, 0.1) is 17.2 Å². The van der Waals surface area contributed by atoms with E-state index in [0.717, 1.165) is 18.5 Å². The SMILES string of the molecule is Cc1ccc(C(NS(=O)(=O)c2cnn(Cc3ccc(Br)c(F)c3)c2)C(F)(F)F)o1. The van der Waals surface area contributed by atoms with E-state index in [4.69, 9.17) is 4.42 Å². The second-order valence-electron chi connectivity index (χ2n) is 6.17. The fraction of sp³-hybridized carbons (Fsp3) is 0.235. The van der Waals surface area contributed by atoms with Gasteiger partial charge in [0.15, 0.2) is 6.04 Å². The molecule has 0 aliphatic rings. The van der Waals surface area contributed by atoms with Crippen LogP contribution >= 0.6 is 15.9 Å². The third-order valence-corrected chi connectivity index (χ3v) is 5.91. The van der Waals surface area contributed by atoms with Crippen LogP contribution in [0.3, 0.4) is 0 Å². The van der Waals surface area contributed by atoms with Crippen LogP contribution in [0.2, 0.25) is 0 Å². The molecule has 2 aromatic heterocycles. The molecule has 0 spiro atoms. The molecule has 0 saturated heterocycles. The zero-order chi connectivity index (χ0) is 21.4. The summed E-state index contributed by atoms with van der Waals surface area (Å²) >= 11 is 3.02. The molecular weight excluding hydrogens is 482 g/mol. The third kappa shape index (κ3) is 5.06. The van der Waals surface area contributed by atoms with Crippen molar-refractivity contribution < 1.29 is 30.4 Å². The molecule has 156 valence electrons. The first-order chi connectivity index (χ1) is 13.5. The molecule has 3 rings (SSSR count). The number of rotatable bonds is 6. The summed E-state index contributed by atoms with van der Waals surface area (Å²) in [4.78, 5) is -0.465. The highest BCUT2D eigenvalue weighted by Gasteiger charge is 2.45. The number of nitrogens with one attached hydrogen (secondary N) is 1. The number of benzene rings is 1. The van der Waals surface area contributed by atoms with Gasteiger partial charge in [0.25, 0.3) is 0 Å². The van der Waals surface area contributed by atoms with E-state index in [9.17, 15) is 26.0 Å². The Kier molecular flexibility index (Phi) is 5.88. The second kappa shape index (κ2) is 7.92. The first kappa shape index (κ1) is 21.5. The number of hydrogen-bond donors (Lipinski definition) is 1. The van der Waals surface area contributed by atoms with Crippen molar-refractivity contribution in [3.63, 3.8) is 0 Å². The van der Waals surface area contributed by atoms with Crippen LogP contribution in [-0.2, 0) is 16.6 Å². The number of nitrogens with zero attached hydrogens (tertiary/aromatic N) is 2. The molecule has 1 atom stereocenters. The minimum Gasteiger partial charge on any atom is -0.464 e. The molecule has 0 aliphatic heterocycles. The van der Waals surface area contributed by atoms with Crippen LogP contribution in [0.1, 0.15) is 23.1 Å². The molecule has 0 amide bonds. The normalized spacial score (nSPS) is 13.6. The van der Waals surface area contributed by atoms with Gasteiger partial charge in [-0.1, -0.05) is 6.07 Å². The zero-order valence-electron chi connectivity index (χ0n) is 14.7. The van der Waals surface area contributed by atoms with Crippen molar-refractivity contribution in [2.75, 3.05) is 0 Å². The number of hydrogen-bond acceptors (Lipinski definition) is 4. The largest absolute Gasteiger partial charge is 0.464 e. The van der Waals surface area contributed by atoms with Gasteiger partial charge < -0.3 is 4.42 Å². The summed E-state index contributed by atoms with van der Waals surface area (Å²) in [6.45, 7) is 1.47. The van der Waals surface area contributed by atoms with Crippen molar-refractivity contribution in [1.29, 1.82) is 0 Å². The third-order valence-electron chi connectivity index (χ3n) is 3.89. The van der Waals surface area contributed by atoms with Gasteiger partial charge in [-0.3, -0.25) is 4.68 Å². The number of furan rings is 1. The van der Waals surface area contributed by atoms with Gasteiger partial charge in [-0.15, -0.1) is 0 Å². The van der Waals surface area contributed by atoms with Gasteiger partial charge in [-0.2, -0.15) is 23.0 Å². The Labute approximate surface area is 171 Å². The van der Waals surface area contributed by atoms with Crippen LogP contribution in [0.25, 0.3) is 0 Å². The standard InChI is InChI=1S/C17H14BrF4N3O3S/c1-10-2-5-15(28-10)16(17(20,21)22)24-29(26,27)12-7-23-25(9-12)8-11-3-4-13(18)14(19)6-11/h2-7,9,16,24H,8H2,1H3. The van der Waals surface area contributed by atoms with Crippen molar-refractivity contribution in [3.8, 4) is 0 Å². The second-order valence-corrected chi connectivity index (χ2v) is 8.73. The molecule has 3 aromatic rings. The lowest BCUT2D eigenvalue weighted by Gasteiger charge is -2.19. The maximum atomic E-state index is 13.6. The zero-order valence-corrected chi connectivity index (χ0v) is 17.1. The Morgan fingerprint density at radius 3 is 2.59 bits per heavy atom. The number of halogens is 5. The highest BCUT2D eigenvalue weighted by Crippen LogP contribution is 2.34. The Morgan fingerprint density at radius 2 is 2.00 bits per heavy atom. The van der Waals surface area contributed by atoms with Crippen molar-refractivity contribution >= 4 is 26.0 Å². The quantitative estimate of drug-likeness (QED) is 0.516. The molecule has 1 unspecified atom stereocenters. The maximum Gasteiger partial charge on any atom is 0.411 e. The molecule has 0 radical (unpaired) electrons. The Morgan fingerprint density at radius 1 is 1.28 bits per heavy atom. The summed E-state index contributed by atoms with van der Waals surface area (Å²) in [6.07, 6.45) is -2.94. The average Bonchev–Trinajstić information content (AvgIpc) is 3.25. The van der Waals surface area contributed by atoms with Crippen molar-refractivity contribution in [2.45, 2.75) is 30.6 Å². The van der Waals surface area contributed by atoms with Gasteiger partial charge in [0, 0.05) is 6.20 Å². The van der Waals surface area contributed by atoms with E-state index in [1.807, 2.05) is 0 Å². The van der Waals surface area contributed by atoms with Crippen LogP contribution in [0.5, 0.6) is 0 Å². The van der Waals surface area contributed by atoms with E-state index in [2.05, 4.69) is 21.0 Å². The molecule has 1 N–H and O–H groups in total. The fourth-order valence-corrected chi connectivity index (χ4v) is 3.90. The number of alkyl halides is 3. The first-order valence-corrected chi connectivity index (χ1v) is 10.3. The molecule has 1 aromatic carbocycles. The Hall–Kier alpha value is -2.18. The lowest BCUT2D eigenvalue weighted by atomic mass is 10.2. The molecule has 0 bridgehead atoms.